The van der Waals surface area contributed by atoms with Crippen molar-refractivity contribution in [3.8, 4) is 0 Å². The van der Waals surface area contributed by atoms with Gasteiger partial charge in [-0.25, -0.2) is 0 Å². The summed E-state index contributed by atoms with van der Waals surface area (Å²) >= 11 is 3.46. The van der Waals surface area contributed by atoms with Crippen LogP contribution in [0.1, 0.15) is 16.8 Å². The molecule has 0 atom stereocenters. The summed E-state index contributed by atoms with van der Waals surface area (Å²) in [6.07, 6.45) is 5.11. The second-order valence-electron chi connectivity index (χ2n) is 4.19. The number of aromatic nitrogens is 2. The lowest BCUT2D eigenvalue weighted by Gasteiger charge is -2.05. The lowest BCUT2D eigenvalue weighted by atomic mass is 10.1. The highest BCUT2D eigenvalue weighted by atomic mass is 79.9. The molecular formula is C16H19BrN2. The fraction of sp³-hybridized carbons (Fsp3) is 0.188. The van der Waals surface area contributed by atoms with Crippen molar-refractivity contribution < 1.29 is 0 Å². The molecular weight excluding hydrogens is 300 g/mol. The van der Waals surface area contributed by atoms with Gasteiger partial charge in [-0.2, -0.15) is 5.10 Å². The number of aryl methyl sites for hydroxylation is 1. The van der Waals surface area contributed by atoms with Crippen LogP contribution in [0, 0.1) is 13.8 Å². The van der Waals surface area contributed by atoms with E-state index in [-0.39, 0.29) is 0 Å². The van der Waals surface area contributed by atoms with Gasteiger partial charge in [0.2, 0.25) is 0 Å². The SMILES string of the molecule is C=CC=C.Cc1ccc(Cn2ncc(Br)c2C)cc1. The Hall–Kier alpha value is -1.61. The standard InChI is InChI=1S/C12H13BrN2.C4H6/c1-9-3-5-11(6-4-9)8-15-10(2)12(13)7-14-15;1-3-4-2/h3-7H,8H2,1-2H3;3-4H,1-2H2. The fourth-order valence-electron chi connectivity index (χ4n) is 1.45. The number of hydrogen-bond donors (Lipinski definition) is 0. The minimum Gasteiger partial charge on any atom is -0.264 e. The fourth-order valence-corrected chi connectivity index (χ4v) is 1.75. The Labute approximate surface area is 123 Å². The minimum atomic E-state index is 0.831. The zero-order valence-electron chi connectivity index (χ0n) is 11.4. The third kappa shape index (κ3) is 4.87. The van der Waals surface area contributed by atoms with Crippen LogP contribution in [0.3, 0.4) is 0 Å². The van der Waals surface area contributed by atoms with Crippen molar-refractivity contribution in [2.24, 2.45) is 0 Å². The van der Waals surface area contributed by atoms with Gasteiger partial charge in [0.1, 0.15) is 0 Å². The first kappa shape index (κ1) is 15.4. The largest absolute Gasteiger partial charge is 0.264 e. The van der Waals surface area contributed by atoms with Crippen LogP contribution in [-0.4, -0.2) is 9.78 Å². The van der Waals surface area contributed by atoms with Gasteiger partial charge in [0.25, 0.3) is 0 Å². The highest BCUT2D eigenvalue weighted by molar-refractivity contribution is 9.10. The third-order valence-electron chi connectivity index (χ3n) is 2.66. The molecule has 0 fully saturated rings. The van der Waals surface area contributed by atoms with E-state index in [4.69, 9.17) is 0 Å². The second-order valence-corrected chi connectivity index (χ2v) is 5.05. The predicted octanol–water partition coefficient (Wildman–Crippen LogP) is 4.67. The highest BCUT2D eigenvalue weighted by Gasteiger charge is 2.03. The van der Waals surface area contributed by atoms with E-state index in [1.807, 2.05) is 10.9 Å². The molecule has 19 heavy (non-hydrogen) atoms. The molecule has 0 saturated heterocycles. The van der Waals surface area contributed by atoms with Gasteiger partial charge in [-0.15, -0.1) is 0 Å². The van der Waals surface area contributed by atoms with E-state index >= 15 is 0 Å². The molecule has 0 amide bonds. The van der Waals surface area contributed by atoms with E-state index < -0.39 is 0 Å². The molecule has 0 unspecified atom stereocenters. The van der Waals surface area contributed by atoms with E-state index in [1.165, 1.54) is 11.1 Å². The Morgan fingerprint density at radius 2 is 1.74 bits per heavy atom. The lowest BCUT2D eigenvalue weighted by Crippen LogP contribution is -2.03. The van der Waals surface area contributed by atoms with Crippen LogP contribution in [0.5, 0.6) is 0 Å². The molecule has 0 saturated carbocycles. The van der Waals surface area contributed by atoms with Gasteiger partial charge < -0.3 is 0 Å². The van der Waals surface area contributed by atoms with Gasteiger partial charge in [0.15, 0.2) is 0 Å². The predicted molar refractivity (Wildman–Crippen MR) is 85.3 cm³/mol. The van der Waals surface area contributed by atoms with E-state index in [2.05, 4.69) is 72.3 Å². The van der Waals surface area contributed by atoms with Gasteiger partial charge in [-0.1, -0.05) is 55.1 Å². The van der Waals surface area contributed by atoms with Crippen LogP contribution in [0.15, 0.2) is 60.2 Å². The molecule has 100 valence electrons. The number of hydrogen-bond acceptors (Lipinski definition) is 1. The van der Waals surface area contributed by atoms with Crippen molar-refractivity contribution in [1.29, 1.82) is 0 Å². The van der Waals surface area contributed by atoms with E-state index in [1.54, 1.807) is 12.2 Å². The Kier molecular flexibility index (Phi) is 6.30. The van der Waals surface area contributed by atoms with Crippen molar-refractivity contribution in [3.05, 3.63) is 77.1 Å². The van der Waals surface area contributed by atoms with Crippen molar-refractivity contribution in [3.63, 3.8) is 0 Å². The summed E-state index contributed by atoms with van der Waals surface area (Å²) in [7, 11) is 0. The summed E-state index contributed by atoms with van der Waals surface area (Å²) in [6.45, 7) is 11.7. The third-order valence-corrected chi connectivity index (χ3v) is 3.44. The van der Waals surface area contributed by atoms with Crippen LogP contribution >= 0.6 is 15.9 Å². The van der Waals surface area contributed by atoms with Gasteiger partial charge >= 0.3 is 0 Å². The van der Waals surface area contributed by atoms with Crippen LogP contribution in [0.25, 0.3) is 0 Å². The summed E-state index contributed by atoms with van der Waals surface area (Å²) in [5.74, 6) is 0. The maximum absolute atomic E-state index is 4.30. The molecule has 2 nitrogen and oxygen atoms in total. The van der Waals surface area contributed by atoms with Crippen LogP contribution in [0.4, 0.5) is 0 Å². The first-order chi connectivity index (χ1) is 9.08. The Morgan fingerprint density at radius 3 is 2.16 bits per heavy atom. The molecule has 0 N–H and O–H groups in total. The molecule has 3 heteroatoms. The maximum atomic E-state index is 4.30. The topological polar surface area (TPSA) is 17.8 Å². The molecule has 0 radical (unpaired) electrons. The number of allylic oxidation sites excluding steroid dienone is 2. The molecule has 0 spiro atoms. The molecule has 0 aliphatic carbocycles. The Morgan fingerprint density at radius 1 is 1.16 bits per heavy atom. The zero-order valence-corrected chi connectivity index (χ0v) is 13.0. The smallest absolute Gasteiger partial charge is 0.0662 e. The second kappa shape index (κ2) is 7.74. The summed E-state index contributed by atoms with van der Waals surface area (Å²) in [5.41, 5.74) is 3.73. The zero-order chi connectivity index (χ0) is 14.3. The average Bonchev–Trinajstić information content (AvgIpc) is 2.74. The monoisotopic (exact) mass is 318 g/mol. The van der Waals surface area contributed by atoms with Gasteiger partial charge in [0.05, 0.1) is 17.2 Å². The summed E-state index contributed by atoms with van der Waals surface area (Å²) < 4.78 is 3.06. The summed E-state index contributed by atoms with van der Waals surface area (Å²) in [5, 5.41) is 4.30. The van der Waals surface area contributed by atoms with Gasteiger partial charge in [-0.05, 0) is 35.3 Å². The van der Waals surface area contributed by atoms with Gasteiger partial charge in [-0.3, -0.25) is 4.68 Å². The first-order valence-electron chi connectivity index (χ1n) is 6.05. The van der Waals surface area contributed by atoms with E-state index in [0.29, 0.717) is 0 Å². The number of rotatable bonds is 3. The van der Waals surface area contributed by atoms with Crippen molar-refractivity contribution in [1.82, 2.24) is 9.78 Å². The molecule has 1 aromatic carbocycles. The summed E-state index contributed by atoms with van der Waals surface area (Å²) in [6, 6.07) is 8.54. The number of halogens is 1. The van der Waals surface area contributed by atoms with E-state index in [0.717, 1.165) is 16.7 Å². The number of nitrogens with zero attached hydrogens (tertiary/aromatic N) is 2. The van der Waals surface area contributed by atoms with Crippen molar-refractivity contribution in [2.45, 2.75) is 20.4 Å². The molecule has 2 aromatic rings. The molecule has 0 bridgehead atoms. The summed E-state index contributed by atoms with van der Waals surface area (Å²) in [4.78, 5) is 0. The van der Waals surface area contributed by atoms with Crippen LogP contribution in [-0.2, 0) is 6.54 Å². The van der Waals surface area contributed by atoms with Crippen LogP contribution in [0.2, 0.25) is 0 Å². The van der Waals surface area contributed by atoms with E-state index in [9.17, 15) is 0 Å². The van der Waals surface area contributed by atoms with Crippen molar-refractivity contribution in [2.75, 3.05) is 0 Å². The molecule has 1 heterocycles. The molecule has 0 aliphatic heterocycles. The molecule has 2 rings (SSSR count). The lowest BCUT2D eigenvalue weighted by molar-refractivity contribution is 0.664. The molecule has 0 aliphatic rings. The van der Waals surface area contributed by atoms with Crippen LogP contribution < -0.4 is 0 Å². The molecule has 1 aromatic heterocycles. The Balaban J connectivity index is 0.000000399. The minimum absolute atomic E-state index is 0.831. The van der Waals surface area contributed by atoms with Gasteiger partial charge in [0, 0.05) is 5.69 Å². The first-order valence-corrected chi connectivity index (χ1v) is 6.84. The van der Waals surface area contributed by atoms with Crippen molar-refractivity contribution >= 4 is 15.9 Å². The normalized spacial score (nSPS) is 9.42. The quantitative estimate of drug-likeness (QED) is 0.752. The maximum Gasteiger partial charge on any atom is 0.0662 e. The number of benzene rings is 1. The Bertz CT molecular complexity index is 532. The highest BCUT2D eigenvalue weighted by Crippen LogP contribution is 2.15. The average molecular weight is 319 g/mol.